The molecule has 0 bridgehead atoms. The van der Waals surface area contributed by atoms with Crippen LogP contribution < -0.4 is 10.6 Å². The summed E-state index contributed by atoms with van der Waals surface area (Å²) < 4.78 is 0. The molecule has 2 aromatic rings. The van der Waals surface area contributed by atoms with Gasteiger partial charge in [0.05, 0.1) is 6.10 Å². The van der Waals surface area contributed by atoms with Gasteiger partial charge in [-0.25, -0.2) is 0 Å². The lowest BCUT2D eigenvalue weighted by molar-refractivity contribution is -0.136. The van der Waals surface area contributed by atoms with Crippen LogP contribution in [0, 0.1) is 0 Å². The normalized spacial score (nSPS) is 11.5. The van der Waals surface area contributed by atoms with E-state index >= 15 is 0 Å². The van der Waals surface area contributed by atoms with Gasteiger partial charge in [-0.2, -0.15) is 0 Å². The summed E-state index contributed by atoms with van der Waals surface area (Å²) in [6.07, 6.45) is -0.867. The van der Waals surface area contributed by atoms with Crippen LogP contribution in [-0.4, -0.2) is 23.5 Å². The number of anilines is 1. The second-order valence-electron chi connectivity index (χ2n) is 4.60. The number of aliphatic hydroxyl groups is 1. The van der Waals surface area contributed by atoms with Crippen LogP contribution >= 0.6 is 11.6 Å². The maximum atomic E-state index is 11.7. The molecule has 6 heteroatoms. The predicted molar refractivity (Wildman–Crippen MR) is 84.5 cm³/mol. The summed E-state index contributed by atoms with van der Waals surface area (Å²) in [5.41, 5.74) is 1.13. The Morgan fingerprint density at radius 1 is 1.00 bits per heavy atom. The van der Waals surface area contributed by atoms with E-state index in [2.05, 4.69) is 10.6 Å². The highest BCUT2D eigenvalue weighted by molar-refractivity contribution is 6.39. The Morgan fingerprint density at radius 2 is 1.64 bits per heavy atom. The molecule has 114 valence electrons. The second-order valence-corrected chi connectivity index (χ2v) is 5.03. The van der Waals surface area contributed by atoms with Crippen LogP contribution in [0.4, 0.5) is 5.69 Å². The summed E-state index contributed by atoms with van der Waals surface area (Å²) >= 11 is 5.73. The van der Waals surface area contributed by atoms with Crippen molar-refractivity contribution in [3.05, 3.63) is 65.2 Å². The molecule has 0 fully saturated rings. The Bertz CT molecular complexity index is 644. The van der Waals surface area contributed by atoms with Crippen molar-refractivity contribution in [3.63, 3.8) is 0 Å². The number of benzene rings is 2. The van der Waals surface area contributed by atoms with Crippen LogP contribution in [0.1, 0.15) is 11.7 Å². The highest BCUT2D eigenvalue weighted by atomic mass is 35.5. The van der Waals surface area contributed by atoms with E-state index in [1.165, 1.54) is 0 Å². The van der Waals surface area contributed by atoms with E-state index in [4.69, 9.17) is 11.6 Å². The van der Waals surface area contributed by atoms with E-state index in [1.54, 1.807) is 48.5 Å². The van der Waals surface area contributed by atoms with Crippen LogP contribution in [0.15, 0.2) is 54.6 Å². The van der Waals surface area contributed by atoms with Crippen molar-refractivity contribution in [3.8, 4) is 0 Å². The minimum atomic E-state index is -0.867. The van der Waals surface area contributed by atoms with E-state index in [0.29, 0.717) is 16.3 Å². The molecule has 0 saturated heterocycles. The molecule has 3 N–H and O–H groups in total. The lowest BCUT2D eigenvalue weighted by atomic mass is 10.1. The summed E-state index contributed by atoms with van der Waals surface area (Å²) in [7, 11) is 0. The molecular formula is C16H15ClN2O3. The number of hydrogen-bond donors (Lipinski definition) is 3. The quantitative estimate of drug-likeness (QED) is 0.756. The van der Waals surface area contributed by atoms with Crippen LogP contribution in [0.25, 0.3) is 0 Å². The molecule has 22 heavy (non-hydrogen) atoms. The average Bonchev–Trinajstić information content (AvgIpc) is 2.55. The fourth-order valence-corrected chi connectivity index (χ4v) is 1.91. The summed E-state index contributed by atoms with van der Waals surface area (Å²) in [5.74, 6) is -1.62. The van der Waals surface area contributed by atoms with Gasteiger partial charge >= 0.3 is 11.8 Å². The molecule has 0 aromatic heterocycles. The zero-order valence-corrected chi connectivity index (χ0v) is 12.4. The number of rotatable bonds is 4. The second kappa shape index (κ2) is 7.59. The fourth-order valence-electron chi connectivity index (χ4n) is 1.78. The molecule has 0 aliphatic rings. The van der Waals surface area contributed by atoms with Crippen molar-refractivity contribution < 1.29 is 14.7 Å². The van der Waals surface area contributed by atoms with E-state index in [1.807, 2.05) is 6.07 Å². The third-order valence-electron chi connectivity index (χ3n) is 2.95. The number of hydrogen-bond acceptors (Lipinski definition) is 3. The van der Waals surface area contributed by atoms with Gasteiger partial charge in [0.1, 0.15) is 0 Å². The first-order chi connectivity index (χ1) is 10.6. The molecule has 0 heterocycles. The summed E-state index contributed by atoms with van der Waals surface area (Å²) in [5, 5.41) is 15.3. The topological polar surface area (TPSA) is 78.4 Å². The summed E-state index contributed by atoms with van der Waals surface area (Å²) in [4.78, 5) is 23.4. The van der Waals surface area contributed by atoms with Crippen molar-refractivity contribution in [2.75, 3.05) is 11.9 Å². The minimum absolute atomic E-state index is 0.0448. The molecule has 2 rings (SSSR count). The van der Waals surface area contributed by atoms with Crippen molar-refractivity contribution in [1.29, 1.82) is 0 Å². The Morgan fingerprint density at radius 3 is 2.27 bits per heavy atom. The van der Waals surface area contributed by atoms with Crippen molar-refractivity contribution in [2.45, 2.75) is 6.10 Å². The van der Waals surface area contributed by atoms with Gasteiger partial charge < -0.3 is 15.7 Å². The number of halogens is 1. The summed E-state index contributed by atoms with van der Waals surface area (Å²) in [6, 6.07) is 15.3. The highest BCUT2D eigenvalue weighted by Crippen LogP contribution is 2.13. The monoisotopic (exact) mass is 318 g/mol. The Labute approximate surface area is 132 Å². The Kier molecular flexibility index (Phi) is 5.52. The van der Waals surface area contributed by atoms with Gasteiger partial charge in [0.25, 0.3) is 0 Å². The molecule has 2 aromatic carbocycles. The van der Waals surface area contributed by atoms with Crippen LogP contribution in [0.3, 0.4) is 0 Å². The number of amides is 2. The SMILES string of the molecule is O=C(NCC(O)c1ccccc1)C(=O)Nc1ccc(Cl)cc1. The predicted octanol–water partition coefficient (Wildman–Crippen LogP) is 2.13. The highest BCUT2D eigenvalue weighted by Gasteiger charge is 2.15. The number of carbonyl (C=O) groups excluding carboxylic acids is 2. The first-order valence-electron chi connectivity index (χ1n) is 6.64. The maximum absolute atomic E-state index is 11.7. The molecule has 0 saturated carbocycles. The molecule has 1 atom stereocenters. The lowest BCUT2D eigenvalue weighted by Crippen LogP contribution is -2.37. The molecule has 2 amide bonds. The van der Waals surface area contributed by atoms with Gasteiger partial charge in [-0.05, 0) is 29.8 Å². The molecule has 0 radical (unpaired) electrons. The standard InChI is InChI=1S/C16H15ClN2O3/c17-12-6-8-13(9-7-12)19-16(22)15(21)18-10-14(20)11-4-2-1-3-5-11/h1-9,14,20H,10H2,(H,18,21)(H,19,22). The lowest BCUT2D eigenvalue weighted by Gasteiger charge is -2.12. The van der Waals surface area contributed by atoms with Crippen molar-refractivity contribution in [2.24, 2.45) is 0 Å². The number of carbonyl (C=O) groups is 2. The van der Waals surface area contributed by atoms with E-state index in [9.17, 15) is 14.7 Å². The minimum Gasteiger partial charge on any atom is -0.387 e. The smallest absolute Gasteiger partial charge is 0.313 e. The molecular weight excluding hydrogens is 304 g/mol. The molecule has 0 aliphatic carbocycles. The van der Waals surface area contributed by atoms with Gasteiger partial charge in [-0.15, -0.1) is 0 Å². The number of nitrogens with one attached hydrogen (secondary N) is 2. The zero-order chi connectivity index (χ0) is 15.9. The molecule has 1 unspecified atom stereocenters. The largest absolute Gasteiger partial charge is 0.387 e. The summed E-state index contributed by atoms with van der Waals surface area (Å²) in [6.45, 7) is -0.0448. The first-order valence-corrected chi connectivity index (χ1v) is 7.02. The van der Waals surface area contributed by atoms with Crippen LogP contribution in [0.5, 0.6) is 0 Å². The van der Waals surface area contributed by atoms with E-state index in [0.717, 1.165) is 0 Å². The van der Waals surface area contributed by atoms with E-state index < -0.39 is 17.9 Å². The van der Waals surface area contributed by atoms with Crippen LogP contribution in [0.2, 0.25) is 5.02 Å². The maximum Gasteiger partial charge on any atom is 0.313 e. The third-order valence-corrected chi connectivity index (χ3v) is 3.20. The fraction of sp³-hybridized carbons (Fsp3) is 0.125. The molecule has 0 aliphatic heterocycles. The van der Waals surface area contributed by atoms with Crippen molar-refractivity contribution in [1.82, 2.24) is 5.32 Å². The average molecular weight is 319 g/mol. The van der Waals surface area contributed by atoms with Gasteiger partial charge in [0, 0.05) is 17.3 Å². The molecule has 5 nitrogen and oxygen atoms in total. The van der Waals surface area contributed by atoms with E-state index in [-0.39, 0.29) is 6.54 Å². The Balaban J connectivity index is 1.84. The third kappa shape index (κ3) is 4.58. The zero-order valence-electron chi connectivity index (χ0n) is 11.6. The van der Waals surface area contributed by atoms with Gasteiger partial charge in [-0.3, -0.25) is 9.59 Å². The molecule has 0 spiro atoms. The van der Waals surface area contributed by atoms with Crippen molar-refractivity contribution >= 4 is 29.1 Å². The van der Waals surface area contributed by atoms with Crippen LogP contribution in [-0.2, 0) is 9.59 Å². The Hall–Kier alpha value is -2.37. The van der Waals surface area contributed by atoms with Gasteiger partial charge in [0.2, 0.25) is 0 Å². The van der Waals surface area contributed by atoms with Gasteiger partial charge in [-0.1, -0.05) is 41.9 Å². The first kappa shape index (κ1) is 16.0. The number of aliphatic hydroxyl groups excluding tert-OH is 1. The van der Waals surface area contributed by atoms with Gasteiger partial charge in [0.15, 0.2) is 0 Å².